The van der Waals surface area contributed by atoms with Crippen LogP contribution in [0.5, 0.6) is 0 Å². The van der Waals surface area contributed by atoms with Gasteiger partial charge in [-0.05, 0) is 19.3 Å². The summed E-state index contributed by atoms with van der Waals surface area (Å²) in [6.07, 6.45) is -14.6. The van der Waals surface area contributed by atoms with Crippen molar-refractivity contribution in [1.29, 1.82) is 0 Å². The Labute approximate surface area is 180 Å². The molecule has 0 aliphatic carbocycles. The van der Waals surface area contributed by atoms with E-state index >= 15 is 0 Å². The molecule has 0 rings (SSSR count). The molecule has 0 aliphatic heterocycles. The molecule has 0 saturated carbocycles. The van der Waals surface area contributed by atoms with Crippen LogP contribution in [0.3, 0.4) is 0 Å². The molecule has 1 unspecified atom stereocenters. The van der Waals surface area contributed by atoms with Crippen LogP contribution in [0.4, 0.5) is 43.9 Å². The predicted octanol–water partition coefficient (Wildman–Crippen LogP) is 4.78. The minimum Gasteiger partial charge on any atom is -0.412 e. The molecule has 1 N–H and O–H groups in total. The number of hydrogen-bond acceptors (Lipinski definition) is 5. The average molecular weight is 511 g/mol. The quantitative estimate of drug-likeness (QED) is 0.0989. The summed E-state index contributed by atoms with van der Waals surface area (Å²) in [6.45, 7) is 1.96. The van der Waals surface area contributed by atoms with Gasteiger partial charge in [0.2, 0.25) is 0 Å². The highest BCUT2D eigenvalue weighted by atomic mass is 32.1. The third-order valence-electron chi connectivity index (χ3n) is 3.66. The number of hydrogen-bond donors (Lipinski definition) is 2. The van der Waals surface area contributed by atoms with Gasteiger partial charge in [-0.3, -0.25) is 4.79 Å². The Morgan fingerprint density at radius 2 is 1.50 bits per heavy atom. The largest absolute Gasteiger partial charge is 0.466 e. The highest BCUT2D eigenvalue weighted by Crippen LogP contribution is 2.41. The molecule has 0 aromatic carbocycles. The number of carbonyl (C=O) groups is 2. The zero-order valence-corrected chi connectivity index (χ0v) is 17.2. The normalized spacial score (nSPS) is 15.1. The standard InChI is InChI=1S/C16H19F10NO4S/c1-3-7-27-11(29)13(15(22,23)24,31-10(28)9(2)14(19,20)21)30-8-5-4-6-12(17,18)16(25,26)32/h32H,2-8H2,1H3,(H,27,29). The van der Waals surface area contributed by atoms with Crippen LogP contribution in [0.25, 0.3) is 0 Å². The Morgan fingerprint density at radius 1 is 0.969 bits per heavy atom. The number of ether oxygens (including phenoxy) is 2. The number of amides is 1. The van der Waals surface area contributed by atoms with Crippen molar-refractivity contribution in [2.24, 2.45) is 0 Å². The lowest BCUT2D eigenvalue weighted by molar-refractivity contribution is -0.347. The maximum absolute atomic E-state index is 13.6. The van der Waals surface area contributed by atoms with Gasteiger partial charge in [0.15, 0.2) is 0 Å². The van der Waals surface area contributed by atoms with E-state index in [-0.39, 0.29) is 6.42 Å². The van der Waals surface area contributed by atoms with Gasteiger partial charge < -0.3 is 14.8 Å². The summed E-state index contributed by atoms with van der Waals surface area (Å²) < 4.78 is 138. The van der Waals surface area contributed by atoms with Gasteiger partial charge in [0.25, 0.3) is 0 Å². The van der Waals surface area contributed by atoms with Crippen molar-refractivity contribution < 1.29 is 63.0 Å². The summed E-state index contributed by atoms with van der Waals surface area (Å²) in [7, 11) is 0. The number of alkyl halides is 10. The lowest BCUT2D eigenvalue weighted by Crippen LogP contribution is -2.62. The number of esters is 1. The molecule has 0 fully saturated rings. The van der Waals surface area contributed by atoms with Crippen molar-refractivity contribution in [1.82, 2.24) is 5.32 Å². The molecule has 16 heteroatoms. The first-order chi connectivity index (χ1) is 14.2. The molecule has 1 atom stereocenters. The van der Waals surface area contributed by atoms with Crippen LogP contribution in [0.1, 0.15) is 32.6 Å². The number of carbonyl (C=O) groups excluding carboxylic acids is 2. The molecule has 188 valence electrons. The lowest BCUT2D eigenvalue weighted by atomic mass is 10.1. The molecule has 5 nitrogen and oxygen atoms in total. The van der Waals surface area contributed by atoms with Crippen molar-refractivity contribution in [3.05, 3.63) is 12.2 Å². The van der Waals surface area contributed by atoms with Crippen LogP contribution in [-0.2, 0) is 19.1 Å². The average Bonchev–Trinajstić information content (AvgIpc) is 2.61. The first-order valence-corrected chi connectivity index (χ1v) is 9.14. The van der Waals surface area contributed by atoms with E-state index in [4.69, 9.17) is 0 Å². The van der Waals surface area contributed by atoms with Crippen LogP contribution in [0.15, 0.2) is 12.2 Å². The zero-order valence-electron chi connectivity index (χ0n) is 16.3. The molecule has 0 aromatic rings. The molecule has 0 aromatic heterocycles. The topological polar surface area (TPSA) is 64.6 Å². The molecule has 1 amide bonds. The van der Waals surface area contributed by atoms with Crippen LogP contribution in [0, 0.1) is 0 Å². The van der Waals surface area contributed by atoms with Crippen LogP contribution < -0.4 is 5.32 Å². The second-order valence-corrected chi connectivity index (χ2v) is 6.85. The van der Waals surface area contributed by atoms with Gasteiger partial charge in [-0.1, -0.05) is 26.1 Å². The van der Waals surface area contributed by atoms with Gasteiger partial charge in [-0.15, -0.1) is 0 Å². The first-order valence-electron chi connectivity index (χ1n) is 8.69. The van der Waals surface area contributed by atoms with Crippen molar-refractivity contribution in [3.63, 3.8) is 0 Å². The van der Waals surface area contributed by atoms with Gasteiger partial charge in [0, 0.05) is 13.0 Å². The van der Waals surface area contributed by atoms with Gasteiger partial charge in [-0.25, -0.2) is 4.79 Å². The highest BCUT2D eigenvalue weighted by molar-refractivity contribution is 7.81. The summed E-state index contributed by atoms with van der Waals surface area (Å²) in [4.78, 5) is 23.6. The molecule has 0 aliphatic rings. The molecule has 0 radical (unpaired) electrons. The molecular formula is C16H19F10NO4S. The third kappa shape index (κ3) is 8.01. The summed E-state index contributed by atoms with van der Waals surface area (Å²) in [6, 6.07) is 0. The zero-order chi connectivity index (χ0) is 25.6. The Bertz CT molecular complexity index is 675. The van der Waals surface area contributed by atoms with Crippen molar-refractivity contribution in [3.8, 4) is 0 Å². The smallest absolute Gasteiger partial charge is 0.412 e. The highest BCUT2D eigenvalue weighted by Gasteiger charge is 2.67. The summed E-state index contributed by atoms with van der Waals surface area (Å²) in [5.74, 6) is -14.1. The van der Waals surface area contributed by atoms with E-state index in [1.807, 2.05) is 0 Å². The SMILES string of the molecule is C=C(C(=O)OC(OCCCCC(F)(F)C(F)(F)S)(C(=O)NCCC)C(F)(F)F)C(F)(F)F. The minimum atomic E-state index is -5.92. The molecular weight excluding hydrogens is 492 g/mol. The lowest BCUT2D eigenvalue weighted by Gasteiger charge is -2.33. The maximum atomic E-state index is 13.6. The summed E-state index contributed by atoms with van der Waals surface area (Å²) in [5, 5.41) is -3.08. The fourth-order valence-corrected chi connectivity index (χ4v) is 2.00. The van der Waals surface area contributed by atoms with Gasteiger partial charge >= 0.3 is 41.2 Å². The molecule has 0 bridgehead atoms. The van der Waals surface area contributed by atoms with Gasteiger partial charge in [0.05, 0.1) is 6.61 Å². The number of nitrogens with one attached hydrogen (secondary N) is 1. The van der Waals surface area contributed by atoms with E-state index in [0.717, 1.165) is 0 Å². The number of rotatable bonds is 12. The fourth-order valence-electron chi connectivity index (χ4n) is 1.89. The van der Waals surface area contributed by atoms with Crippen LogP contribution >= 0.6 is 12.6 Å². The second kappa shape index (κ2) is 10.9. The van der Waals surface area contributed by atoms with E-state index in [1.54, 1.807) is 5.32 Å². The van der Waals surface area contributed by atoms with Crippen LogP contribution in [0.2, 0.25) is 0 Å². The van der Waals surface area contributed by atoms with E-state index in [2.05, 4.69) is 28.7 Å². The Morgan fingerprint density at radius 3 is 1.91 bits per heavy atom. The predicted molar refractivity (Wildman–Crippen MR) is 92.1 cm³/mol. The molecule has 32 heavy (non-hydrogen) atoms. The fraction of sp³-hybridized carbons (Fsp3) is 0.750. The summed E-state index contributed by atoms with van der Waals surface area (Å²) >= 11 is 2.41. The number of halogens is 10. The van der Waals surface area contributed by atoms with Gasteiger partial charge in [-0.2, -0.15) is 43.9 Å². The van der Waals surface area contributed by atoms with Crippen molar-refractivity contribution >= 4 is 24.5 Å². The van der Waals surface area contributed by atoms with Crippen LogP contribution in [-0.4, -0.2) is 54.3 Å². The van der Waals surface area contributed by atoms with E-state index in [1.165, 1.54) is 6.92 Å². The third-order valence-corrected chi connectivity index (χ3v) is 3.99. The minimum absolute atomic E-state index is 0.0654. The molecule has 0 saturated heterocycles. The number of thiol groups is 1. The Kier molecular flexibility index (Phi) is 10.4. The van der Waals surface area contributed by atoms with E-state index < -0.39 is 79.2 Å². The number of unbranched alkanes of at least 4 members (excludes halogenated alkanes) is 1. The van der Waals surface area contributed by atoms with E-state index in [9.17, 15) is 53.5 Å². The molecule has 0 spiro atoms. The van der Waals surface area contributed by atoms with Crippen molar-refractivity contribution in [2.45, 2.75) is 61.9 Å². The van der Waals surface area contributed by atoms with Crippen molar-refractivity contribution in [2.75, 3.05) is 13.2 Å². The van der Waals surface area contributed by atoms with E-state index in [0.29, 0.717) is 0 Å². The first kappa shape index (κ1) is 30.3. The van der Waals surface area contributed by atoms with Gasteiger partial charge in [0.1, 0.15) is 5.57 Å². The molecule has 0 heterocycles. The Balaban J connectivity index is 5.64. The Hall–Kier alpha value is -1.71. The summed E-state index contributed by atoms with van der Waals surface area (Å²) in [5.41, 5.74) is -2.38. The maximum Gasteiger partial charge on any atom is 0.466 e. The second-order valence-electron chi connectivity index (χ2n) is 6.29. The monoisotopic (exact) mass is 511 g/mol.